The van der Waals surface area contributed by atoms with Gasteiger partial charge in [-0.25, -0.2) is 17.5 Å². The summed E-state index contributed by atoms with van der Waals surface area (Å²) in [5, 5.41) is 4.12. The third-order valence-electron chi connectivity index (χ3n) is 3.55. The molecule has 0 fully saturated rings. The number of hydrogen-bond acceptors (Lipinski definition) is 3. The number of halogens is 1. The number of rotatable bonds is 5. The van der Waals surface area contributed by atoms with Gasteiger partial charge < -0.3 is 0 Å². The van der Waals surface area contributed by atoms with Crippen LogP contribution in [0.1, 0.15) is 23.9 Å². The molecule has 7 heteroatoms. The van der Waals surface area contributed by atoms with E-state index in [1.165, 1.54) is 10.7 Å². The standard InChI is InChI=1S/C15H20FN3O2S/c1-10(9-13-7-5-6-8-14(13)16)18-22(20,21)15-11(2)17-19(4)12(15)3/h5-8,10,18H,9H2,1-4H3. The van der Waals surface area contributed by atoms with Crippen LogP contribution in [0.15, 0.2) is 29.2 Å². The van der Waals surface area contributed by atoms with E-state index in [2.05, 4.69) is 9.82 Å². The predicted molar refractivity (Wildman–Crippen MR) is 82.6 cm³/mol. The van der Waals surface area contributed by atoms with Crippen LogP contribution in [0.25, 0.3) is 0 Å². The van der Waals surface area contributed by atoms with Gasteiger partial charge in [0.2, 0.25) is 10.0 Å². The van der Waals surface area contributed by atoms with Gasteiger partial charge in [-0.05, 0) is 38.8 Å². The average molecular weight is 325 g/mol. The highest BCUT2D eigenvalue weighted by Gasteiger charge is 2.25. The number of hydrogen-bond donors (Lipinski definition) is 1. The number of aromatic nitrogens is 2. The van der Waals surface area contributed by atoms with E-state index in [1.807, 2.05) is 0 Å². The lowest BCUT2D eigenvalue weighted by Crippen LogP contribution is -2.34. The highest BCUT2D eigenvalue weighted by molar-refractivity contribution is 7.89. The SMILES string of the molecule is Cc1nn(C)c(C)c1S(=O)(=O)NC(C)Cc1ccccc1F. The second-order valence-electron chi connectivity index (χ2n) is 5.44. The third-order valence-corrected chi connectivity index (χ3v) is 5.39. The van der Waals surface area contributed by atoms with Crippen molar-refractivity contribution in [2.75, 3.05) is 0 Å². The van der Waals surface area contributed by atoms with Crippen LogP contribution in [0, 0.1) is 19.7 Å². The van der Waals surface area contributed by atoms with Crippen molar-refractivity contribution in [2.24, 2.45) is 7.05 Å². The van der Waals surface area contributed by atoms with Crippen molar-refractivity contribution in [3.8, 4) is 0 Å². The van der Waals surface area contributed by atoms with Gasteiger partial charge in [-0.3, -0.25) is 4.68 Å². The number of nitrogens with zero attached hydrogens (tertiary/aromatic N) is 2. The second-order valence-corrected chi connectivity index (χ2v) is 7.09. The Bertz CT molecular complexity index is 784. The topological polar surface area (TPSA) is 64.0 Å². The Morgan fingerprint density at radius 3 is 2.50 bits per heavy atom. The van der Waals surface area contributed by atoms with Crippen LogP contribution >= 0.6 is 0 Å². The Morgan fingerprint density at radius 1 is 1.32 bits per heavy atom. The number of benzene rings is 1. The summed E-state index contributed by atoms with van der Waals surface area (Å²) in [6.45, 7) is 5.07. The van der Waals surface area contributed by atoms with Crippen LogP contribution in [-0.2, 0) is 23.5 Å². The first-order chi connectivity index (χ1) is 10.2. The first kappa shape index (κ1) is 16.6. The van der Waals surface area contributed by atoms with Crippen molar-refractivity contribution in [1.82, 2.24) is 14.5 Å². The van der Waals surface area contributed by atoms with Gasteiger partial charge in [0.25, 0.3) is 0 Å². The number of nitrogens with one attached hydrogen (secondary N) is 1. The molecule has 0 aliphatic heterocycles. The molecular formula is C15H20FN3O2S. The largest absolute Gasteiger partial charge is 0.271 e. The van der Waals surface area contributed by atoms with Gasteiger partial charge >= 0.3 is 0 Å². The highest BCUT2D eigenvalue weighted by Crippen LogP contribution is 2.19. The summed E-state index contributed by atoms with van der Waals surface area (Å²) in [4.78, 5) is 0.190. The fourth-order valence-electron chi connectivity index (χ4n) is 2.50. The predicted octanol–water partition coefficient (Wildman–Crippen LogP) is 2.09. The lowest BCUT2D eigenvalue weighted by molar-refractivity contribution is 0.548. The first-order valence-corrected chi connectivity index (χ1v) is 8.46. The minimum absolute atomic E-state index is 0.190. The van der Waals surface area contributed by atoms with Crippen LogP contribution in [0.2, 0.25) is 0 Å². The average Bonchev–Trinajstić information content (AvgIpc) is 2.65. The molecule has 22 heavy (non-hydrogen) atoms. The molecule has 0 saturated carbocycles. The van der Waals surface area contributed by atoms with Gasteiger partial charge in [0, 0.05) is 13.1 Å². The second kappa shape index (κ2) is 6.18. The minimum Gasteiger partial charge on any atom is -0.271 e. The summed E-state index contributed by atoms with van der Waals surface area (Å²) in [7, 11) is -1.99. The van der Waals surface area contributed by atoms with Gasteiger partial charge in [0.05, 0.1) is 11.4 Å². The Labute approximate surface area is 130 Å². The molecule has 1 unspecified atom stereocenters. The molecule has 1 aromatic carbocycles. The van der Waals surface area contributed by atoms with Crippen LogP contribution in [0.4, 0.5) is 4.39 Å². The molecule has 0 aliphatic carbocycles. The summed E-state index contributed by atoms with van der Waals surface area (Å²) >= 11 is 0. The zero-order chi connectivity index (χ0) is 16.5. The molecule has 0 spiro atoms. The van der Waals surface area contributed by atoms with Crippen molar-refractivity contribution in [3.05, 3.63) is 47.0 Å². The van der Waals surface area contributed by atoms with Gasteiger partial charge in [0.1, 0.15) is 10.7 Å². The van der Waals surface area contributed by atoms with Gasteiger partial charge in [0.15, 0.2) is 0 Å². The minimum atomic E-state index is -3.69. The fourth-order valence-corrected chi connectivity index (χ4v) is 4.18. The Balaban J connectivity index is 2.20. The number of aryl methyl sites for hydroxylation is 2. The summed E-state index contributed by atoms with van der Waals surface area (Å²) in [6, 6.07) is 5.93. The molecule has 0 bridgehead atoms. The first-order valence-electron chi connectivity index (χ1n) is 6.98. The Kier molecular flexibility index (Phi) is 4.67. The van der Waals surface area contributed by atoms with E-state index in [0.717, 1.165) is 0 Å². The van der Waals surface area contributed by atoms with Gasteiger partial charge in [-0.2, -0.15) is 5.10 Å². The van der Waals surface area contributed by atoms with Crippen LogP contribution < -0.4 is 4.72 Å². The molecule has 0 amide bonds. The van der Waals surface area contributed by atoms with Crippen molar-refractivity contribution in [3.63, 3.8) is 0 Å². The van der Waals surface area contributed by atoms with E-state index in [-0.39, 0.29) is 17.1 Å². The molecule has 1 aromatic heterocycles. The molecule has 2 aromatic rings. The van der Waals surface area contributed by atoms with E-state index in [9.17, 15) is 12.8 Å². The molecule has 0 aliphatic rings. The molecule has 1 heterocycles. The van der Waals surface area contributed by atoms with E-state index >= 15 is 0 Å². The van der Waals surface area contributed by atoms with Crippen LogP contribution in [-0.4, -0.2) is 24.2 Å². The lowest BCUT2D eigenvalue weighted by Gasteiger charge is -2.15. The monoisotopic (exact) mass is 325 g/mol. The van der Waals surface area contributed by atoms with Crippen molar-refractivity contribution >= 4 is 10.0 Å². The van der Waals surface area contributed by atoms with E-state index in [1.54, 1.807) is 46.0 Å². The molecule has 5 nitrogen and oxygen atoms in total. The van der Waals surface area contributed by atoms with E-state index in [4.69, 9.17) is 0 Å². The normalized spacial score (nSPS) is 13.3. The van der Waals surface area contributed by atoms with E-state index in [0.29, 0.717) is 17.0 Å². The molecule has 0 radical (unpaired) electrons. The van der Waals surface area contributed by atoms with Gasteiger partial charge in [-0.15, -0.1) is 0 Å². The Hall–Kier alpha value is -1.73. The van der Waals surface area contributed by atoms with E-state index < -0.39 is 16.1 Å². The maximum atomic E-state index is 13.6. The van der Waals surface area contributed by atoms with Crippen molar-refractivity contribution < 1.29 is 12.8 Å². The Morgan fingerprint density at radius 2 is 1.95 bits per heavy atom. The molecule has 2 rings (SSSR count). The zero-order valence-electron chi connectivity index (χ0n) is 13.1. The van der Waals surface area contributed by atoms with Gasteiger partial charge in [-0.1, -0.05) is 18.2 Å². The van der Waals surface area contributed by atoms with Crippen LogP contribution in [0.3, 0.4) is 0 Å². The lowest BCUT2D eigenvalue weighted by atomic mass is 10.1. The maximum absolute atomic E-state index is 13.6. The van der Waals surface area contributed by atoms with Crippen molar-refractivity contribution in [2.45, 2.75) is 38.1 Å². The molecule has 0 saturated heterocycles. The summed E-state index contributed by atoms with van der Waals surface area (Å²) in [6.07, 6.45) is 0.282. The molecule has 120 valence electrons. The fraction of sp³-hybridized carbons (Fsp3) is 0.400. The third kappa shape index (κ3) is 3.36. The zero-order valence-corrected chi connectivity index (χ0v) is 13.9. The summed E-state index contributed by atoms with van der Waals surface area (Å²) < 4.78 is 42.8. The highest BCUT2D eigenvalue weighted by atomic mass is 32.2. The smallest absolute Gasteiger partial charge is 0.244 e. The quantitative estimate of drug-likeness (QED) is 0.915. The molecular weight excluding hydrogens is 305 g/mol. The summed E-state index contributed by atoms with van der Waals surface area (Å²) in [5.41, 5.74) is 1.51. The molecule has 1 atom stereocenters. The molecule has 1 N–H and O–H groups in total. The van der Waals surface area contributed by atoms with Crippen molar-refractivity contribution in [1.29, 1.82) is 0 Å². The number of sulfonamides is 1. The summed E-state index contributed by atoms with van der Waals surface area (Å²) in [5.74, 6) is -0.331. The maximum Gasteiger partial charge on any atom is 0.244 e. The van der Waals surface area contributed by atoms with Crippen LogP contribution in [0.5, 0.6) is 0 Å².